The molecule has 2 atom stereocenters. The van der Waals surface area contributed by atoms with E-state index in [-0.39, 0.29) is 23.5 Å². The Bertz CT molecular complexity index is 362. The van der Waals surface area contributed by atoms with Gasteiger partial charge in [-0.05, 0) is 31.6 Å². The zero-order valence-corrected chi connectivity index (χ0v) is 10.6. The Balaban J connectivity index is 2.00. The van der Waals surface area contributed by atoms with E-state index in [1.54, 1.807) is 0 Å². The van der Waals surface area contributed by atoms with E-state index in [0.717, 1.165) is 25.7 Å². The summed E-state index contributed by atoms with van der Waals surface area (Å²) in [6.07, 6.45) is 4.31. The largest absolute Gasteiger partial charge is 0.467 e. The number of hydrogen-bond donors (Lipinski definition) is 1. The summed E-state index contributed by atoms with van der Waals surface area (Å²) in [5.74, 6) is -0.411. The Morgan fingerprint density at radius 3 is 2.61 bits per heavy atom. The van der Waals surface area contributed by atoms with Crippen LogP contribution in [-0.2, 0) is 19.1 Å². The number of hydrogen-bond acceptors (Lipinski definition) is 4. The summed E-state index contributed by atoms with van der Waals surface area (Å²) in [7, 11) is 1.31. The predicted molar refractivity (Wildman–Crippen MR) is 63.6 cm³/mol. The van der Waals surface area contributed by atoms with Crippen LogP contribution in [0.5, 0.6) is 0 Å². The van der Waals surface area contributed by atoms with E-state index in [4.69, 9.17) is 4.74 Å². The highest BCUT2D eigenvalue weighted by Gasteiger charge is 2.37. The molecule has 0 aromatic heterocycles. The smallest absolute Gasteiger partial charge is 0.328 e. The molecule has 2 fully saturated rings. The SMILES string of the molecule is COC(=O)[C@@H](NC(=O)C1CC1)[C@@H]1CCCC(=O)C1. The van der Waals surface area contributed by atoms with Gasteiger partial charge in [0.15, 0.2) is 0 Å². The van der Waals surface area contributed by atoms with Crippen LogP contribution in [0.1, 0.15) is 38.5 Å². The molecule has 0 spiro atoms. The third kappa shape index (κ3) is 3.09. The second-order valence-electron chi connectivity index (χ2n) is 5.18. The molecule has 0 aromatic carbocycles. The standard InChI is InChI=1S/C13H19NO4/c1-18-13(17)11(14-12(16)8-5-6-8)9-3-2-4-10(15)7-9/h8-9,11H,2-7H2,1H3,(H,14,16)/t9-,11+/m1/s1. The third-order valence-corrected chi connectivity index (χ3v) is 3.69. The van der Waals surface area contributed by atoms with Crippen molar-refractivity contribution < 1.29 is 19.1 Å². The quantitative estimate of drug-likeness (QED) is 0.753. The van der Waals surface area contributed by atoms with Crippen LogP contribution in [0.4, 0.5) is 0 Å². The molecule has 0 aliphatic heterocycles. The van der Waals surface area contributed by atoms with E-state index >= 15 is 0 Å². The Morgan fingerprint density at radius 1 is 1.33 bits per heavy atom. The van der Waals surface area contributed by atoms with Crippen LogP contribution in [0.3, 0.4) is 0 Å². The van der Waals surface area contributed by atoms with E-state index < -0.39 is 12.0 Å². The summed E-state index contributed by atoms with van der Waals surface area (Å²) in [4.78, 5) is 35.0. The van der Waals surface area contributed by atoms with Crippen LogP contribution in [-0.4, -0.2) is 30.8 Å². The molecule has 2 saturated carbocycles. The molecule has 0 radical (unpaired) electrons. The van der Waals surface area contributed by atoms with Crippen molar-refractivity contribution in [1.29, 1.82) is 0 Å². The maximum atomic E-state index is 11.8. The van der Waals surface area contributed by atoms with Gasteiger partial charge in [0.1, 0.15) is 11.8 Å². The summed E-state index contributed by atoms with van der Waals surface area (Å²) in [6, 6.07) is -0.660. The summed E-state index contributed by atoms with van der Waals surface area (Å²) < 4.78 is 4.74. The number of rotatable bonds is 4. The topological polar surface area (TPSA) is 72.5 Å². The monoisotopic (exact) mass is 253 g/mol. The first-order valence-electron chi connectivity index (χ1n) is 6.51. The number of ketones is 1. The molecule has 18 heavy (non-hydrogen) atoms. The van der Waals surface area contributed by atoms with Crippen LogP contribution in [0.15, 0.2) is 0 Å². The van der Waals surface area contributed by atoms with Gasteiger partial charge in [-0.15, -0.1) is 0 Å². The van der Waals surface area contributed by atoms with Crippen LogP contribution in [0, 0.1) is 11.8 Å². The second kappa shape index (κ2) is 5.50. The fourth-order valence-electron chi connectivity index (χ4n) is 2.46. The van der Waals surface area contributed by atoms with Gasteiger partial charge in [-0.1, -0.05) is 0 Å². The highest BCUT2D eigenvalue weighted by molar-refractivity contribution is 5.88. The van der Waals surface area contributed by atoms with Crippen LogP contribution in [0.2, 0.25) is 0 Å². The van der Waals surface area contributed by atoms with Gasteiger partial charge in [-0.25, -0.2) is 4.79 Å². The first-order valence-corrected chi connectivity index (χ1v) is 6.51. The fraction of sp³-hybridized carbons (Fsp3) is 0.769. The van der Waals surface area contributed by atoms with E-state index in [0.29, 0.717) is 12.8 Å². The number of esters is 1. The average molecular weight is 253 g/mol. The Labute approximate surface area is 106 Å². The second-order valence-corrected chi connectivity index (χ2v) is 5.18. The zero-order valence-electron chi connectivity index (χ0n) is 10.6. The molecule has 1 amide bonds. The highest BCUT2D eigenvalue weighted by atomic mass is 16.5. The molecule has 2 rings (SSSR count). The van der Waals surface area contributed by atoms with Gasteiger partial charge in [0.25, 0.3) is 0 Å². The lowest BCUT2D eigenvalue weighted by molar-refractivity contribution is -0.147. The Hall–Kier alpha value is -1.39. The zero-order chi connectivity index (χ0) is 13.1. The first kappa shape index (κ1) is 13.1. The van der Waals surface area contributed by atoms with Crippen LogP contribution in [0.25, 0.3) is 0 Å². The summed E-state index contributed by atoms with van der Waals surface area (Å²) in [6.45, 7) is 0. The van der Waals surface area contributed by atoms with E-state index in [1.807, 2.05) is 0 Å². The minimum atomic E-state index is -0.660. The van der Waals surface area contributed by atoms with E-state index in [9.17, 15) is 14.4 Å². The van der Waals surface area contributed by atoms with Crippen molar-refractivity contribution in [2.24, 2.45) is 11.8 Å². The predicted octanol–water partition coefficient (Wildman–Crippen LogP) is 0.813. The molecule has 2 aliphatic rings. The lowest BCUT2D eigenvalue weighted by Crippen LogP contribution is -2.48. The number of carbonyl (C=O) groups excluding carboxylic acids is 3. The molecular formula is C13H19NO4. The molecule has 0 aromatic rings. The summed E-state index contributed by atoms with van der Waals surface area (Å²) in [5.41, 5.74) is 0. The summed E-state index contributed by atoms with van der Waals surface area (Å²) in [5, 5.41) is 2.75. The molecule has 2 aliphatic carbocycles. The minimum absolute atomic E-state index is 0.0523. The normalized spacial score (nSPS) is 25.4. The van der Waals surface area contributed by atoms with Gasteiger partial charge in [0.2, 0.25) is 5.91 Å². The van der Waals surface area contributed by atoms with Gasteiger partial charge in [-0.3, -0.25) is 9.59 Å². The maximum absolute atomic E-state index is 11.8. The van der Waals surface area contributed by atoms with Gasteiger partial charge < -0.3 is 10.1 Å². The number of nitrogens with one attached hydrogen (secondary N) is 1. The molecule has 0 saturated heterocycles. The maximum Gasteiger partial charge on any atom is 0.328 e. The number of Topliss-reactive ketones (excluding diaryl/α,β-unsaturated/α-hetero) is 1. The minimum Gasteiger partial charge on any atom is -0.467 e. The number of carbonyl (C=O) groups is 3. The molecule has 100 valence electrons. The van der Waals surface area contributed by atoms with Crippen molar-refractivity contribution in [2.75, 3.05) is 7.11 Å². The Morgan fingerprint density at radius 2 is 2.06 bits per heavy atom. The average Bonchev–Trinajstić information content (AvgIpc) is 3.19. The molecule has 1 N–H and O–H groups in total. The first-order chi connectivity index (χ1) is 8.61. The Kier molecular flexibility index (Phi) is 3.99. The van der Waals surface area contributed by atoms with Crippen molar-refractivity contribution in [3.63, 3.8) is 0 Å². The van der Waals surface area contributed by atoms with E-state index in [2.05, 4.69) is 5.32 Å². The van der Waals surface area contributed by atoms with Gasteiger partial charge >= 0.3 is 5.97 Å². The van der Waals surface area contributed by atoms with Crippen LogP contribution < -0.4 is 5.32 Å². The molecule has 5 heteroatoms. The van der Waals surface area contributed by atoms with Crippen LogP contribution >= 0.6 is 0 Å². The van der Waals surface area contributed by atoms with Gasteiger partial charge in [0.05, 0.1) is 7.11 Å². The van der Waals surface area contributed by atoms with Gasteiger partial charge in [-0.2, -0.15) is 0 Å². The lowest BCUT2D eigenvalue weighted by Gasteiger charge is -2.28. The number of methoxy groups -OCH3 is 1. The molecule has 0 heterocycles. The highest BCUT2D eigenvalue weighted by Crippen LogP contribution is 2.30. The lowest BCUT2D eigenvalue weighted by atomic mass is 9.83. The van der Waals surface area contributed by atoms with Crippen molar-refractivity contribution >= 4 is 17.7 Å². The molecule has 0 bridgehead atoms. The third-order valence-electron chi connectivity index (χ3n) is 3.69. The molecule has 0 unspecified atom stereocenters. The van der Waals surface area contributed by atoms with Crippen molar-refractivity contribution in [3.05, 3.63) is 0 Å². The number of amides is 1. The summed E-state index contributed by atoms with van der Waals surface area (Å²) >= 11 is 0. The fourth-order valence-corrected chi connectivity index (χ4v) is 2.46. The molecular weight excluding hydrogens is 234 g/mol. The molecule has 5 nitrogen and oxygen atoms in total. The van der Waals surface area contributed by atoms with Crippen molar-refractivity contribution in [2.45, 2.75) is 44.6 Å². The number of ether oxygens (including phenoxy) is 1. The van der Waals surface area contributed by atoms with E-state index in [1.165, 1.54) is 7.11 Å². The van der Waals surface area contributed by atoms with Crippen molar-refractivity contribution in [1.82, 2.24) is 5.32 Å². The van der Waals surface area contributed by atoms with Crippen molar-refractivity contribution in [3.8, 4) is 0 Å². The van der Waals surface area contributed by atoms with Gasteiger partial charge in [0, 0.05) is 18.8 Å².